The van der Waals surface area contributed by atoms with Crippen LogP contribution in [-0.4, -0.2) is 48.2 Å². The Morgan fingerprint density at radius 2 is 1.89 bits per heavy atom. The average molecular weight is 259 g/mol. The summed E-state index contributed by atoms with van der Waals surface area (Å²) < 4.78 is 14.6. The van der Waals surface area contributed by atoms with Crippen molar-refractivity contribution >= 4 is 11.9 Å². The van der Waals surface area contributed by atoms with Crippen LogP contribution in [0.4, 0.5) is 0 Å². The smallest absolute Gasteiger partial charge is 0.303 e. The predicted octanol–water partition coefficient (Wildman–Crippen LogP) is -0.123. The van der Waals surface area contributed by atoms with Gasteiger partial charge in [0.05, 0.1) is 6.61 Å². The van der Waals surface area contributed by atoms with Crippen LogP contribution >= 0.6 is 0 Å². The molecule has 0 aromatic rings. The molecule has 9 heteroatoms. The first-order valence-corrected chi connectivity index (χ1v) is 5.14. The van der Waals surface area contributed by atoms with Crippen LogP contribution in [-0.2, 0) is 23.8 Å². The summed E-state index contributed by atoms with van der Waals surface area (Å²) in [7, 11) is 0. The maximum Gasteiger partial charge on any atom is 0.303 e. The first-order valence-electron chi connectivity index (χ1n) is 5.14. The van der Waals surface area contributed by atoms with E-state index in [2.05, 4.69) is 10.0 Å². The lowest BCUT2D eigenvalue weighted by molar-refractivity contribution is -0.242. The Bertz CT molecular complexity index is 380. The van der Waals surface area contributed by atoms with E-state index < -0.39 is 36.5 Å². The lowest BCUT2D eigenvalue weighted by Gasteiger charge is -2.37. The van der Waals surface area contributed by atoms with Crippen LogP contribution in [0.1, 0.15) is 13.8 Å². The molecule has 0 amide bonds. The van der Waals surface area contributed by atoms with Gasteiger partial charge in [-0.1, -0.05) is 5.11 Å². The second kappa shape index (κ2) is 6.20. The fourth-order valence-corrected chi connectivity index (χ4v) is 1.59. The minimum atomic E-state index is -1.44. The fourth-order valence-electron chi connectivity index (χ4n) is 1.59. The lowest BCUT2D eigenvalue weighted by Crippen LogP contribution is -2.55. The fraction of sp³-hybridized carbons (Fsp3) is 0.778. The summed E-state index contributed by atoms with van der Waals surface area (Å²) in [6.45, 7) is 2.15. The van der Waals surface area contributed by atoms with Gasteiger partial charge < -0.3 is 19.3 Å². The van der Waals surface area contributed by atoms with Crippen molar-refractivity contribution in [1.82, 2.24) is 0 Å². The summed E-state index contributed by atoms with van der Waals surface area (Å²) in [6.07, 6.45) is -3.75. The third-order valence-corrected chi connectivity index (χ3v) is 2.23. The molecule has 9 nitrogen and oxygen atoms in total. The molecule has 0 saturated carbocycles. The summed E-state index contributed by atoms with van der Waals surface area (Å²) in [6, 6.07) is -0.869. The zero-order valence-electron chi connectivity index (χ0n) is 9.85. The zero-order chi connectivity index (χ0) is 13.7. The topological polar surface area (TPSA) is 131 Å². The van der Waals surface area contributed by atoms with Crippen LogP contribution in [0.15, 0.2) is 5.11 Å². The molecule has 0 radical (unpaired) electrons. The minimum absolute atomic E-state index is 0.138. The Labute approximate surface area is 102 Å². The van der Waals surface area contributed by atoms with Gasteiger partial charge in [-0.3, -0.25) is 9.59 Å². The van der Waals surface area contributed by atoms with Gasteiger partial charge in [-0.05, 0) is 5.53 Å². The standard InChI is InChI=1S/C9H13N3O6/c1-4(13)17-7-6(11-12-10)3-16-9(15)8(7)18-5(2)14/h6-9,15H,3H2,1-2H3/t6-,7-,8+,9?/m0/s1. The molecular formula is C9H13N3O6. The first-order chi connectivity index (χ1) is 8.45. The van der Waals surface area contributed by atoms with E-state index in [-0.39, 0.29) is 6.61 Å². The number of carbonyl (C=O) groups excluding carboxylic acids is 2. The molecule has 0 bridgehead atoms. The van der Waals surface area contributed by atoms with Gasteiger partial charge in [0.2, 0.25) is 0 Å². The summed E-state index contributed by atoms with van der Waals surface area (Å²) >= 11 is 0. The highest BCUT2D eigenvalue weighted by molar-refractivity contribution is 5.67. The molecule has 100 valence electrons. The monoisotopic (exact) mass is 259 g/mol. The van der Waals surface area contributed by atoms with Gasteiger partial charge in [0.1, 0.15) is 6.04 Å². The molecule has 0 aliphatic carbocycles. The molecule has 1 fully saturated rings. The molecule has 18 heavy (non-hydrogen) atoms. The second-order valence-electron chi connectivity index (χ2n) is 3.64. The highest BCUT2D eigenvalue weighted by atomic mass is 16.7. The van der Waals surface area contributed by atoms with Crippen molar-refractivity contribution in [2.24, 2.45) is 5.11 Å². The van der Waals surface area contributed by atoms with Crippen LogP contribution in [0, 0.1) is 0 Å². The third kappa shape index (κ3) is 3.59. The molecule has 1 saturated heterocycles. The third-order valence-electron chi connectivity index (χ3n) is 2.23. The largest absolute Gasteiger partial charge is 0.458 e. The molecule has 1 rings (SSSR count). The number of ether oxygens (including phenoxy) is 3. The molecule has 1 aliphatic rings. The SMILES string of the molecule is CC(=O)O[C@H]1[C@@H](N=[N+]=[N-])COC(O)[C@@H]1OC(C)=O. The van der Waals surface area contributed by atoms with Crippen molar-refractivity contribution in [2.45, 2.75) is 38.4 Å². The highest BCUT2D eigenvalue weighted by Crippen LogP contribution is 2.22. The van der Waals surface area contributed by atoms with E-state index in [4.69, 9.17) is 19.7 Å². The number of aliphatic hydroxyl groups is 1. The van der Waals surface area contributed by atoms with Gasteiger partial charge in [0.25, 0.3) is 0 Å². The van der Waals surface area contributed by atoms with E-state index in [9.17, 15) is 14.7 Å². The maximum absolute atomic E-state index is 11.0. The molecule has 1 aliphatic heterocycles. The number of azide groups is 1. The van der Waals surface area contributed by atoms with Crippen molar-refractivity contribution in [3.8, 4) is 0 Å². The number of aliphatic hydroxyl groups excluding tert-OH is 1. The van der Waals surface area contributed by atoms with E-state index in [0.717, 1.165) is 13.8 Å². The van der Waals surface area contributed by atoms with Gasteiger partial charge in [-0.2, -0.15) is 0 Å². The Kier molecular flexibility index (Phi) is 4.90. The highest BCUT2D eigenvalue weighted by Gasteiger charge is 2.44. The quantitative estimate of drug-likeness (QED) is 0.325. The van der Waals surface area contributed by atoms with Crippen molar-refractivity contribution in [1.29, 1.82) is 0 Å². The van der Waals surface area contributed by atoms with Crippen molar-refractivity contribution in [2.75, 3.05) is 6.61 Å². The van der Waals surface area contributed by atoms with Gasteiger partial charge >= 0.3 is 11.9 Å². The van der Waals surface area contributed by atoms with E-state index in [1.54, 1.807) is 0 Å². The summed E-state index contributed by atoms with van der Waals surface area (Å²) in [5.41, 5.74) is 8.40. The number of hydrogen-bond donors (Lipinski definition) is 1. The molecule has 4 atom stereocenters. The van der Waals surface area contributed by atoms with Gasteiger partial charge in [-0.25, -0.2) is 0 Å². The maximum atomic E-state index is 11.0. The second-order valence-corrected chi connectivity index (χ2v) is 3.64. The van der Waals surface area contributed by atoms with E-state index in [1.165, 1.54) is 0 Å². The Balaban J connectivity index is 2.93. The number of hydrogen-bond acceptors (Lipinski definition) is 7. The molecule has 0 spiro atoms. The molecule has 1 unspecified atom stereocenters. The normalized spacial score (nSPS) is 31.1. The van der Waals surface area contributed by atoms with E-state index in [0.29, 0.717) is 0 Å². The van der Waals surface area contributed by atoms with Crippen LogP contribution in [0.25, 0.3) is 10.4 Å². The Morgan fingerprint density at radius 3 is 2.39 bits per heavy atom. The molecular weight excluding hydrogens is 246 g/mol. The van der Waals surface area contributed by atoms with Crippen LogP contribution in [0.5, 0.6) is 0 Å². The Hall–Kier alpha value is -1.83. The molecule has 1 N–H and O–H groups in total. The average Bonchev–Trinajstić information content (AvgIpc) is 2.26. The minimum Gasteiger partial charge on any atom is -0.458 e. The summed E-state index contributed by atoms with van der Waals surface area (Å²) in [5, 5.41) is 12.9. The van der Waals surface area contributed by atoms with Crippen LogP contribution < -0.4 is 0 Å². The van der Waals surface area contributed by atoms with Crippen molar-refractivity contribution in [3.05, 3.63) is 10.4 Å². The van der Waals surface area contributed by atoms with E-state index in [1.807, 2.05) is 0 Å². The molecule has 0 aromatic carbocycles. The number of nitrogens with zero attached hydrogens (tertiary/aromatic N) is 3. The van der Waals surface area contributed by atoms with Crippen LogP contribution in [0.3, 0.4) is 0 Å². The first kappa shape index (κ1) is 14.2. The molecule has 1 heterocycles. The van der Waals surface area contributed by atoms with Gasteiger partial charge in [-0.15, -0.1) is 0 Å². The molecule has 0 aromatic heterocycles. The predicted molar refractivity (Wildman–Crippen MR) is 56.0 cm³/mol. The Morgan fingerprint density at radius 1 is 1.33 bits per heavy atom. The van der Waals surface area contributed by atoms with Crippen molar-refractivity contribution in [3.63, 3.8) is 0 Å². The van der Waals surface area contributed by atoms with Gasteiger partial charge in [0, 0.05) is 18.8 Å². The number of esters is 2. The van der Waals surface area contributed by atoms with Gasteiger partial charge in [0.15, 0.2) is 18.5 Å². The lowest BCUT2D eigenvalue weighted by atomic mass is 10.0. The zero-order valence-corrected chi connectivity index (χ0v) is 9.85. The number of rotatable bonds is 3. The van der Waals surface area contributed by atoms with Crippen molar-refractivity contribution < 1.29 is 28.9 Å². The summed E-state index contributed by atoms with van der Waals surface area (Å²) in [5.74, 6) is -1.33. The van der Waals surface area contributed by atoms with Crippen LogP contribution in [0.2, 0.25) is 0 Å². The van der Waals surface area contributed by atoms with E-state index >= 15 is 0 Å². The summed E-state index contributed by atoms with van der Waals surface area (Å²) in [4.78, 5) is 24.5. The number of carbonyl (C=O) groups is 2.